The van der Waals surface area contributed by atoms with Crippen LogP contribution in [-0.4, -0.2) is 67.9 Å². The Morgan fingerprint density at radius 1 is 0.343 bits per heavy atom. The third kappa shape index (κ3) is 4.34. The summed E-state index contributed by atoms with van der Waals surface area (Å²) in [5.41, 5.74) is 0. The average Bonchev–Trinajstić information content (AvgIpc) is 2.58. The molecule has 0 saturated carbocycles. The molecule has 0 aromatic carbocycles. The Balaban J connectivity index is 7.15. The minimum absolute atomic E-state index is 1.25. The van der Waals surface area contributed by atoms with E-state index in [4.69, 9.17) is 0 Å². The normalized spacial score (nSPS) is 17.1. The van der Waals surface area contributed by atoms with Gasteiger partial charge in [0, 0.05) is 0 Å². The maximum absolute atomic E-state index is 13.5. The van der Waals surface area contributed by atoms with Crippen LogP contribution >= 0.6 is 34.0 Å². The van der Waals surface area contributed by atoms with E-state index in [1.807, 2.05) is 0 Å². The van der Waals surface area contributed by atoms with Gasteiger partial charge >= 0.3 is 194 Å². The van der Waals surface area contributed by atoms with Crippen molar-refractivity contribution in [1.29, 1.82) is 0 Å². The second-order valence-electron chi connectivity index (χ2n) is 6.17. The molecule has 0 aliphatic heterocycles. The zero-order valence-electron chi connectivity index (χ0n) is 14.6. The fourth-order valence-electron chi connectivity index (χ4n) is 1.74. The molecule has 0 rings (SSSR count). The third-order valence-corrected chi connectivity index (χ3v) is 11.1. The zero-order chi connectivity index (χ0) is 29.5. The summed E-state index contributed by atoms with van der Waals surface area (Å²) in [5.74, 6) is -70.7. The van der Waals surface area contributed by atoms with Crippen LogP contribution < -0.4 is 0 Å². The van der Waals surface area contributed by atoms with Gasteiger partial charge in [0.15, 0.2) is 0 Å². The van der Waals surface area contributed by atoms with E-state index in [0.29, 0.717) is 0 Å². The SMILES string of the molecule is FC(F)(F)C(F)(F)C(F)(F)C(F)(F)C(F)(F)C(F)(F)C(F)(F)C(F)(F)C(F)(F)[C](F)(F)[Ge]([Cl])([Cl])[Br]. The van der Waals surface area contributed by atoms with Gasteiger partial charge in [-0.25, -0.2) is 0 Å². The van der Waals surface area contributed by atoms with Gasteiger partial charge in [0.05, 0.1) is 0 Å². The fraction of sp³-hybridized carbons (Fsp3) is 1.00. The predicted octanol–water partition coefficient (Wildman–Crippen LogP) is 8.62. The Bertz CT molecular complexity index is 731. The Morgan fingerprint density at radius 2 is 0.514 bits per heavy atom. The predicted molar refractivity (Wildman–Crippen MR) is 77.0 cm³/mol. The fourth-order valence-corrected chi connectivity index (χ4v) is 5.34. The van der Waals surface area contributed by atoms with E-state index >= 15 is 0 Å². The first-order chi connectivity index (χ1) is 14.5. The number of hydrogen-bond acceptors (Lipinski definition) is 0. The summed E-state index contributed by atoms with van der Waals surface area (Å²) < 4.78 is 268. The molecule has 0 aromatic rings. The Morgan fingerprint density at radius 3 is 0.686 bits per heavy atom. The van der Waals surface area contributed by atoms with Crippen LogP contribution in [0.25, 0.3) is 0 Å². The van der Waals surface area contributed by atoms with Crippen molar-refractivity contribution in [3.05, 3.63) is 0 Å². The second-order valence-corrected chi connectivity index (χ2v) is 27.4. The first-order valence-electron chi connectivity index (χ1n) is 7.04. The van der Waals surface area contributed by atoms with Gasteiger partial charge in [-0.2, -0.15) is 0 Å². The Labute approximate surface area is 194 Å². The summed E-state index contributed by atoms with van der Waals surface area (Å²) in [6, 6.07) is 0. The van der Waals surface area contributed by atoms with Gasteiger partial charge in [-0.1, -0.05) is 0 Å². The summed E-state index contributed by atoms with van der Waals surface area (Å²) in [4.78, 5) is 0. The van der Waals surface area contributed by atoms with E-state index in [1.165, 1.54) is 14.0 Å². The van der Waals surface area contributed by atoms with Crippen LogP contribution in [0, 0.1) is 0 Å². The van der Waals surface area contributed by atoms with Gasteiger partial charge in [0.2, 0.25) is 0 Å². The van der Waals surface area contributed by atoms with Crippen molar-refractivity contribution in [1.82, 2.24) is 0 Å². The van der Waals surface area contributed by atoms with Crippen LogP contribution in [0.15, 0.2) is 0 Å². The molecular weight excluding hydrogens is 742 g/mol. The summed E-state index contributed by atoms with van der Waals surface area (Å²) in [7, 11) is 1.76. The first kappa shape index (κ1) is 35.1. The molecule has 0 aromatic heterocycles. The molecule has 0 amide bonds. The second kappa shape index (κ2) is 8.57. The molecule has 0 aliphatic rings. The standard InChI is InChI=1S/C10BrCl2F21Ge/c11-35(12,13)10(33,34)8(28,29)6(24,25)4(20,21)2(16,17)1(14,15)3(18,19)5(22,23)7(26,27)9(30,31)32. The van der Waals surface area contributed by atoms with E-state index in [0.717, 1.165) is 0 Å². The summed E-state index contributed by atoms with van der Waals surface area (Å²) in [6.07, 6.45) is -8.01. The van der Waals surface area contributed by atoms with E-state index in [2.05, 4.69) is 20.0 Å². The topological polar surface area (TPSA) is 0 Å². The van der Waals surface area contributed by atoms with Crippen LogP contribution in [0.3, 0.4) is 0 Å². The number of halogens is 24. The Kier molecular flexibility index (Phi) is 8.60. The van der Waals surface area contributed by atoms with Gasteiger partial charge < -0.3 is 0 Å². The van der Waals surface area contributed by atoms with Crippen molar-refractivity contribution in [2.24, 2.45) is 0 Å². The van der Waals surface area contributed by atoms with Gasteiger partial charge in [0.25, 0.3) is 0 Å². The number of alkyl halides is 21. The molecule has 0 radical (unpaired) electrons. The van der Waals surface area contributed by atoms with Crippen molar-refractivity contribution >= 4 is 43.6 Å². The van der Waals surface area contributed by atoms with Crippen molar-refractivity contribution in [3.8, 4) is 0 Å². The molecule has 0 bridgehead atoms. The maximum atomic E-state index is 13.5. The van der Waals surface area contributed by atoms with E-state index < -0.39 is 67.9 Å². The summed E-state index contributed by atoms with van der Waals surface area (Å²) >= 11 is 1.25. The zero-order valence-corrected chi connectivity index (χ0v) is 19.8. The van der Waals surface area contributed by atoms with Crippen molar-refractivity contribution in [3.63, 3.8) is 0 Å². The molecule has 35 heavy (non-hydrogen) atoms. The van der Waals surface area contributed by atoms with Gasteiger partial charge in [0.1, 0.15) is 0 Å². The molecule has 0 aliphatic carbocycles. The van der Waals surface area contributed by atoms with Crippen LogP contribution in [0.4, 0.5) is 92.2 Å². The van der Waals surface area contributed by atoms with Crippen molar-refractivity contribution in [2.45, 2.75) is 58.3 Å². The van der Waals surface area contributed by atoms with Crippen molar-refractivity contribution in [2.75, 3.05) is 0 Å². The van der Waals surface area contributed by atoms with Crippen LogP contribution in [-0.2, 0) is 0 Å². The molecule has 0 spiro atoms. The van der Waals surface area contributed by atoms with Gasteiger partial charge in [-0.05, 0) is 0 Å². The molecule has 0 unspecified atom stereocenters. The molecule has 0 heterocycles. The molecule has 25 heteroatoms. The molecule has 0 N–H and O–H groups in total. The van der Waals surface area contributed by atoms with Crippen LogP contribution in [0.1, 0.15) is 0 Å². The molecule has 212 valence electrons. The van der Waals surface area contributed by atoms with Crippen LogP contribution in [0.2, 0.25) is 0 Å². The molecular formula is C10BrCl2F21Ge. The minimum atomic E-state index is -9.20. The molecule has 0 nitrogen and oxygen atoms in total. The van der Waals surface area contributed by atoms with Crippen molar-refractivity contribution < 1.29 is 92.2 Å². The van der Waals surface area contributed by atoms with Gasteiger partial charge in [-0.15, -0.1) is 0 Å². The number of rotatable bonds is 9. The average molecular weight is 742 g/mol. The molecule has 0 atom stereocenters. The van der Waals surface area contributed by atoms with E-state index in [9.17, 15) is 92.2 Å². The third-order valence-electron chi connectivity index (χ3n) is 3.87. The van der Waals surface area contributed by atoms with E-state index in [1.54, 1.807) is 0 Å². The van der Waals surface area contributed by atoms with Crippen LogP contribution in [0.5, 0.6) is 0 Å². The summed E-state index contributed by atoms with van der Waals surface area (Å²) in [6.45, 7) is 0. The van der Waals surface area contributed by atoms with Gasteiger partial charge in [-0.3, -0.25) is 0 Å². The molecule has 0 fully saturated rings. The first-order valence-corrected chi connectivity index (χ1v) is 18.5. The Hall–Kier alpha value is 0.133. The summed E-state index contributed by atoms with van der Waals surface area (Å²) in [5, 5.41) is 0. The molecule has 0 saturated heterocycles. The van der Waals surface area contributed by atoms with E-state index in [-0.39, 0.29) is 0 Å². The monoisotopic (exact) mass is 742 g/mol. The quantitative estimate of drug-likeness (QED) is 0.164. The number of hydrogen-bond donors (Lipinski definition) is 0.